The lowest BCUT2D eigenvalue weighted by molar-refractivity contribution is 0.00578. The summed E-state index contributed by atoms with van der Waals surface area (Å²) in [4.78, 5) is 0. The quantitative estimate of drug-likeness (QED) is 0.219. The second-order valence-electron chi connectivity index (χ2n) is 14.6. The summed E-state index contributed by atoms with van der Waals surface area (Å²) in [6.45, 7) is 22.6. The van der Waals surface area contributed by atoms with Gasteiger partial charge >= 0.3 is 7.12 Å². The Labute approximate surface area is 254 Å². The van der Waals surface area contributed by atoms with Crippen LogP contribution in [0, 0.1) is 0 Å². The van der Waals surface area contributed by atoms with Gasteiger partial charge in [-0.05, 0) is 102 Å². The van der Waals surface area contributed by atoms with E-state index in [4.69, 9.17) is 9.31 Å². The maximum absolute atomic E-state index is 6.33. The van der Waals surface area contributed by atoms with Gasteiger partial charge in [-0.2, -0.15) is 0 Å². The van der Waals surface area contributed by atoms with Crippen molar-refractivity contribution in [3.8, 4) is 11.1 Å². The Balaban J connectivity index is 1.35. The molecule has 218 valence electrons. The van der Waals surface area contributed by atoms with Crippen molar-refractivity contribution in [2.45, 2.75) is 110 Å². The first-order valence-corrected chi connectivity index (χ1v) is 15.9. The van der Waals surface area contributed by atoms with Crippen molar-refractivity contribution in [1.29, 1.82) is 0 Å². The molecule has 0 bridgehead atoms. The van der Waals surface area contributed by atoms with Crippen LogP contribution in [0.5, 0.6) is 0 Å². The molecule has 1 aliphatic carbocycles. The molecule has 1 fully saturated rings. The predicted molar refractivity (Wildman–Crippen MR) is 179 cm³/mol. The van der Waals surface area contributed by atoms with E-state index < -0.39 is 0 Å². The van der Waals surface area contributed by atoms with Gasteiger partial charge in [-0.15, -0.1) is 0 Å². The molecule has 3 heteroatoms. The fraction of sp³-hybridized carbons (Fsp3) is 0.436. The number of benzene rings is 4. The van der Waals surface area contributed by atoms with Crippen molar-refractivity contribution < 1.29 is 9.31 Å². The van der Waals surface area contributed by atoms with Crippen LogP contribution in [0.4, 0.5) is 0 Å². The summed E-state index contributed by atoms with van der Waals surface area (Å²) >= 11 is 0. The zero-order valence-corrected chi connectivity index (χ0v) is 27.3. The van der Waals surface area contributed by atoms with E-state index in [1.165, 1.54) is 49.7 Å². The monoisotopic (exact) mass is 558 g/mol. The van der Waals surface area contributed by atoms with Crippen molar-refractivity contribution in [3.63, 3.8) is 0 Å². The summed E-state index contributed by atoms with van der Waals surface area (Å²) in [7, 11) is -0.347. The summed E-state index contributed by atoms with van der Waals surface area (Å²) in [6, 6.07) is 28.1. The van der Waals surface area contributed by atoms with Gasteiger partial charge < -0.3 is 9.31 Å². The summed E-state index contributed by atoms with van der Waals surface area (Å²) in [5.74, 6) is 0.578. The highest BCUT2D eigenvalue weighted by molar-refractivity contribution is 6.62. The first kappa shape index (κ1) is 29.2. The van der Waals surface area contributed by atoms with Crippen LogP contribution in [0.25, 0.3) is 21.9 Å². The van der Waals surface area contributed by atoms with Gasteiger partial charge in [-0.3, -0.25) is 0 Å². The van der Waals surface area contributed by atoms with E-state index in [2.05, 4.69) is 142 Å². The van der Waals surface area contributed by atoms with E-state index in [0.717, 1.165) is 18.3 Å². The molecular formula is C39H47BO2. The number of hydrogen-bond donors (Lipinski definition) is 0. The summed E-state index contributed by atoms with van der Waals surface area (Å²) in [5, 5.41) is 2.46. The van der Waals surface area contributed by atoms with Crippen molar-refractivity contribution in [3.05, 3.63) is 101 Å². The Hall–Kier alpha value is -2.88. The van der Waals surface area contributed by atoms with E-state index in [1.54, 1.807) is 0 Å². The second kappa shape index (κ2) is 9.83. The van der Waals surface area contributed by atoms with Crippen LogP contribution in [-0.2, 0) is 20.1 Å². The van der Waals surface area contributed by atoms with Crippen LogP contribution < -0.4 is 5.46 Å². The molecule has 0 aromatic heterocycles. The molecule has 0 amide bonds. The molecule has 4 aromatic carbocycles. The minimum absolute atomic E-state index is 0.0217. The van der Waals surface area contributed by atoms with Crippen molar-refractivity contribution >= 4 is 23.4 Å². The molecule has 1 aliphatic heterocycles. The number of rotatable bonds is 6. The molecule has 2 atom stereocenters. The van der Waals surface area contributed by atoms with Gasteiger partial charge in [0.05, 0.1) is 11.2 Å². The molecule has 2 unspecified atom stereocenters. The molecule has 0 spiro atoms. The predicted octanol–water partition coefficient (Wildman–Crippen LogP) is 9.67. The van der Waals surface area contributed by atoms with Crippen LogP contribution in [0.1, 0.15) is 116 Å². The Morgan fingerprint density at radius 2 is 1.24 bits per heavy atom. The molecule has 2 nitrogen and oxygen atoms in total. The highest BCUT2D eigenvalue weighted by atomic mass is 16.7. The van der Waals surface area contributed by atoms with Gasteiger partial charge in [0.25, 0.3) is 0 Å². The Morgan fingerprint density at radius 1 is 0.690 bits per heavy atom. The fourth-order valence-corrected chi connectivity index (χ4v) is 6.95. The van der Waals surface area contributed by atoms with Crippen LogP contribution in [0.2, 0.25) is 0 Å². The summed E-state index contributed by atoms with van der Waals surface area (Å²) < 4.78 is 12.7. The minimum Gasteiger partial charge on any atom is -0.399 e. The first-order chi connectivity index (χ1) is 19.7. The lowest BCUT2D eigenvalue weighted by atomic mass is 9.71. The zero-order chi connectivity index (χ0) is 30.2. The molecule has 1 saturated heterocycles. The fourth-order valence-electron chi connectivity index (χ4n) is 6.95. The molecule has 4 aromatic rings. The van der Waals surface area contributed by atoms with Gasteiger partial charge in [0.15, 0.2) is 0 Å². The molecule has 0 N–H and O–H groups in total. The normalized spacial score (nSPS) is 20.3. The SMILES string of the molecule is CCC(C)c1ccc2c(c1)C(C)(C)c1cc(C(C)(CC)c3ccc4cc(B5OC(C)(C)C(C)(C)O5)ccc4c3)ccc1-2. The highest BCUT2D eigenvalue weighted by Crippen LogP contribution is 2.51. The van der Waals surface area contributed by atoms with Crippen LogP contribution in [-0.4, -0.2) is 18.3 Å². The van der Waals surface area contributed by atoms with E-state index in [-0.39, 0.29) is 29.2 Å². The third-order valence-electron chi connectivity index (χ3n) is 11.3. The molecule has 1 heterocycles. The largest absolute Gasteiger partial charge is 0.494 e. The van der Waals surface area contributed by atoms with Gasteiger partial charge in [0.1, 0.15) is 0 Å². The smallest absolute Gasteiger partial charge is 0.399 e. The van der Waals surface area contributed by atoms with Crippen molar-refractivity contribution in [2.24, 2.45) is 0 Å². The highest BCUT2D eigenvalue weighted by Gasteiger charge is 2.51. The van der Waals surface area contributed by atoms with Crippen LogP contribution >= 0.6 is 0 Å². The standard InChI is InChI=1S/C39H47BO2/c1-11-25(3)26-15-19-32-33-20-17-30(24-35(33)36(4,5)34(32)23-26)39(10,12-2)29-16-13-28-22-31(18-14-27(28)21-29)40-41-37(6,7)38(8,9)42-40/h13-25H,11-12H2,1-10H3. The first-order valence-electron chi connectivity index (χ1n) is 15.9. The Morgan fingerprint density at radius 3 is 1.88 bits per heavy atom. The molecule has 0 radical (unpaired) electrons. The molecule has 0 saturated carbocycles. The summed E-state index contributed by atoms with van der Waals surface area (Å²) in [6.07, 6.45) is 2.19. The Bertz CT molecular complexity index is 1660. The van der Waals surface area contributed by atoms with Crippen molar-refractivity contribution in [1.82, 2.24) is 0 Å². The van der Waals surface area contributed by atoms with Gasteiger partial charge in [0, 0.05) is 10.8 Å². The van der Waals surface area contributed by atoms with Crippen LogP contribution in [0.15, 0.2) is 72.8 Å². The van der Waals surface area contributed by atoms with Crippen molar-refractivity contribution in [2.75, 3.05) is 0 Å². The van der Waals surface area contributed by atoms with E-state index >= 15 is 0 Å². The van der Waals surface area contributed by atoms with E-state index in [1.807, 2.05) is 0 Å². The van der Waals surface area contributed by atoms with Gasteiger partial charge in [-0.25, -0.2) is 0 Å². The van der Waals surface area contributed by atoms with Crippen LogP contribution in [0.3, 0.4) is 0 Å². The second-order valence-corrected chi connectivity index (χ2v) is 14.6. The van der Waals surface area contributed by atoms with Gasteiger partial charge in [-0.1, -0.05) is 114 Å². The maximum Gasteiger partial charge on any atom is 0.494 e. The molecule has 42 heavy (non-hydrogen) atoms. The Kier molecular flexibility index (Phi) is 6.83. The maximum atomic E-state index is 6.33. The van der Waals surface area contributed by atoms with Gasteiger partial charge in [0.2, 0.25) is 0 Å². The average Bonchev–Trinajstić information content (AvgIpc) is 3.34. The lowest BCUT2D eigenvalue weighted by Gasteiger charge is -2.32. The molecule has 6 rings (SSSR count). The lowest BCUT2D eigenvalue weighted by Crippen LogP contribution is -2.41. The topological polar surface area (TPSA) is 18.5 Å². The summed E-state index contributed by atoms with van der Waals surface area (Å²) in [5.41, 5.74) is 10.2. The molecular weight excluding hydrogens is 511 g/mol. The zero-order valence-electron chi connectivity index (χ0n) is 27.3. The minimum atomic E-state index is -0.347. The number of fused-ring (bicyclic) bond motifs is 4. The van der Waals surface area contributed by atoms with E-state index in [0.29, 0.717) is 5.92 Å². The third kappa shape index (κ3) is 4.38. The van der Waals surface area contributed by atoms with E-state index in [9.17, 15) is 0 Å². The molecule has 2 aliphatic rings. The average molecular weight is 559 g/mol. The number of hydrogen-bond acceptors (Lipinski definition) is 2. The third-order valence-corrected chi connectivity index (χ3v) is 11.3.